The summed E-state index contributed by atoms with van der Waals surface area (Å²) in [6.07, 6.45) is 0. The maximum absolute atomic E-state index is 10.9. The molecule has 1 aromatic heterocycles. The fourth-order valence-corrected chi connectivity index (χ4v) is 1.95. The molecule has 14 heavy (non-hydrogen) atoms. The van der Waals surface area contributed by atoms with Crippen LogP contribution in [0.1, 0.15) is 0 Å². The van der Waals surface area contributed by atoms with E-state index in [0.29, 0.717) is 11.3 Å². The van der Waals surface area contributed by atoms with Gasteiger partial charge in [0.25, 0.3) is 0 Å². The lowest BCUT2D eigenvalue weighted by Crippen LogP contribution is -1.97. The first-order chi connectivity index (χ1) is 6.72. The molecule has 1 aromatic carbocycles. The van der Waals surface area contributed by atoms with E-state index in [2.05, 4.69) is 28.1 Å². The van der Waals surface area contributed by atoms with Gasteiger partial charge >= 0.3 is 5.63 Å². The zero-order valence-corrected chi connectivity index (χ0v) is 9.11. The van der Waals surface area contributed by atoms with Gasteiger partial charge in [0.15, 0.2) is 0 Å². The van der Waals surface area contributed by atoms with E-state index in [1.54, 1.807) is 18.2 Å². The van der Waals surface area contributed by atoms with Crippen LogP contribution in [0.15, 0.2) is 33.5 Å². The molecule has 0 amide bonds. The Morgan fingerprint density at radius 3 is 2.79 bits per heavy atom. The molecule has 0 radical (unpaired) electrons. The number of fused-ring (bicyclic) bond motifs is 1. The minimum atomic E-state index is -0.377. The molecule has 5 heteroatoms. The Bertz CT molecular complexity index is 535. The molecule has 72 valence electrons. The van der Waals surface area contributed by atoms with Crippen LogP contribution in [0.3, 0.4) is 0 Å². The van der Waals surface area contributed by atoms with Gasteiger partial charge in [0.2, 0.25) is 0 Å². The predicted molar refractivity (Wildman–Crippen MR) is 60.6 cm³/mol. The number of halogens is 1. The predicted octanol–water partition coefficient (Wildman–Crippen LogP) is 2.20. The molecule has 0 spiro atoms. The molecular weight excluding hydrogens is 297 g/mol. The van der Waals surface area contributed by atoms with Crippen molar-refractivity contribution in [2.24, 2.45) is 0 Å². The summed E-state index contributed by atoms with van der Waals surface area (Å²) >= 11 is 2.07. The van der Waals surface area contributed by atoms with E-state index in [9.17, 15) is 4.79 Å². The van der Waals surface area contributed by atoms with Crippen LogP contribution in [0, 0.1) is 3.57 Å². The molecule has 4 nitrogen and oxygen atoms in total. The smallest absolute Gasteiger partial charge is 0.336 e. The molecule has 1 heterocycles. The first kappa shape index (κ1) is 9.47. The van der Waals surface area contributed by atoms with E-state index in [1.165, 1.54) is 6.07 Å². The van der Waals surface area contributed by atoms with Crippen molar-refractivity contribution in [3.05, 3.63) is 38.3 Å². The zero-order chi connectivity index (χ0) is 10.1. The van der Waals surface area contributed by atoms with Crippen molar-refractivity contribution in [1.29, 1.82) is 0 Å². The molecule has 2 N–H and O–H groups in total. The van der Waals surface area contributed by atoms with Crippen LogP contribution in [-0.2, 0) is 0 Å². The van der Waals surface area contributed by atoms with Gasteiger partial charge in [-0.2, -0.15) is 0 Å². The van der Waals surface area contributed by atoms with Gasteiger partial charge in [0.05, 0.1) is 5.69 Å². The third-order valence-corrected chi connectivity index (χ3v) is 3.02. The molecule has 0 unspecified atom stereocenters. The average molecular weight is 303 g/mol. The summed E-state index contributed by atoms with van der Waals surface area (Å²) in [7, 11) is 0. The highest BCUT2D eigenvalue weighted by Crippen LogP contribution is 2.26. The summed E-state index contributed by atoms with van der Waals surface area (Å²) in [4.78, 5) is 10.9. The molecule has 0 saturated heterocycles. The SMILES string of the molecule is O=c1ccc2c(I)c(NO)ccc2o1. The van der Waals surface area contributed by atoms with Crippen LogP contribution in [-0.4, -0.2) is 5.21 Å². The van der Waals surface area contributed by atoms with Gasteiger partial charge in [0.1, 0.15) is 5.58 Å². The topological polar surface area (TPSA) is 62.5 Å². The van der Waals surface area contributed by atoms with Crippen LogP contribution in [0.25, 0.3) is 11.0 Å². The van der Waals surface area contributed by atoms with Crippen LogP contribution in [0.2, 0.25) is 0 Å². The third kappa shape index (κ3) is 1.48. The average Bonchev–Trinajstić information content (AvgIpc) is 2.18. The summed E-state index contributed by atoms with van der Waals surface area (Å²) in [5, 5.41) is 9.58. The summed E-state index contributed by atoms with van der Waals surface area (Å²) in [5.41, 5.74) is 2.80. The summed E-state index contributed by atoms with van der Waals surface area (Å²) in [5.74, 6) is 0. The van der Waals surface area contributed by atoms with Crippen molar-refractivity contribution in [1.82, 2.24) is 0 Å². The fourth-order valence-electron chi connectivity index (χ4n) is 1.20. The van der Waals surface area contributed by atoms with Gasteiger partial charge < -0.3 is 4.42 Å². The van der Waals surface area contributed by atoms with E-state index in [0.717, 1.165) is 8.96 Å². The van der Waals surface area contributed by atoms with E-state index < -0.39 is 0 Å². The van der Waals surface area contributed by atoms with Crippen molar-refractivity contribution < 1.29 is 9.62 Å². The Morgan fingerprint density at radius 2 is 2.07 bits per heavy atom. The van der Waals surface area contributed by atoms with Crippen molar-refractivity contribution in [3.63, 3.8) is 0 Å². The zero-order valence-electron chi connectivity index (χ0n) is 6.95. The standard InChI is InChI=1S/C9H6INO3/c10-9-5-1-4-8(12)14-7(5)3-2-6(9)11-13/h1-4,11,13H. The second-order valence-electron chi connectivity index (χ2n) is 2.71. The molecular formula is C9H6INO3. The molecule has 0 bridgehead atoms. The van der Waals surface area contributed by atoms with Crippen LogP contribution in [0.4, 0.5) is 5.69 Å². The van der Waals surface area contributed by atoms with E-state index in [4.69, 9.17) is 9.62 Å². The Morgan fingerprint density at radius 1 is 1.29 bits per heavy atom. The highest BCUT2D eigenvalue weighted by atomic mass is 127. The summed E-state index contributed by atoms with van der Waals surface area (Å²) < 4.78 is 5.78. The normalized spacial score (nSPS) is 10.4. The monoisotopic (exact) mass is 303 g/mol. The minimum absolute atomic E-state index is 0.377. The van der Waals surface area contributed by atoms with Gasteiger partial charge in [0, 0.05) is 15.0 Å². The summed E-state index contributed by atoms with van der Waals surface area (Å²) in [6.45, 7) is 0. The van der Waals surface area contributed by atoms with E-state index in [-0.39, 0.29) is 5.63 Å². The lowest BCUT2D eigenvalue weighted by molar-refractivity contribution is 0.388. The first-order valence-electron chi connectivity index (χ1n) is 3.85. The Labute approximate surface area is 92.6 Å². The van der Waals surface area contributed by atoms with Crippen molar-refractivity contribution in [3.8, 4) is 0 Å². The molecule has 2 rings (SSSR count). The number of benzene rings is 1. The van der Waals surface area contributed by atoms with Gasteiger partial charge in [-0.15, -0.1) is 0 Å². The van der Waals surface area contributed by atoms with Crippen molar-refractivity contribution >= 4 is 39.2 Å². The molecule has 0 aliphatic rings. The number of nitrogens with one attached hydrogen (secondary N) is 1. The lowest BCUT2D eigenvalue weighted by Gasteiger charge is -2.04. The van der Waals surface area contributed by atoms with Crippen molar-refractivity contribution in [2.75, 3.05) is 5.48 Å². The molecule has 0 fully saturated rings. The molecule has 2 aromatic rings. The molecule has 0 saturated carbocycles. The second kappa shape index (κ2) is 3.58. The lowest BCUT2D eigenvalue weighted by atomic mass is 10.2. The van der Waals surface area contributed by atoms with Crippen LogP contribution in [0.5, 0.6) is 0 Å². The number of hydrogen-bond donors (Lipinski definition) is 2. The molecule has 0 atom stereocenters. The number of hydrogen-bond acceptors (Lipinski definition) is 4. The van der Waals surface area contributed by atoms with Gasteiger partial charge in [-0.3, -0.25) is 10.7 Å². The number of rotatable bonds is 1. The largest absolute Gasteiger partial charge is 0.423 e. The summed E-state index contributed by atoms with van der Waals surface area (Å²) in [6, 6.07) is 6.31. The van der Waals surface area contributed by atoms with Crippen molar-refractivity contribution in [2.45, 2.75) is 0 Å². The number of anilines is 1. The van der Waals surface area contributed by atoms with Gasteiger partial charge in [-0.25, -0.2) is 4.79 Å². The molecule has 0 aliphatic carbocycles. The minimum Gasteiger partial charge on any atom is -0.423 e. The maximum atomic E-state index is 10.9. The second-order valence-corrected chi connectivity index (χ2v) is 3.78. The third-order valence-electron chi connectivity index (χ3n) is 1.86. The quantitative estimate of drug-likeness (QED) is 0.482. The van der Waals surface area contributed by atoms with Gasteiger partial charge in [-0.1, -0.05) is 0 Å². The Balaban J connectivity index is 2.84. The highest BCUT2D eigenvalue weighted by Gasteiger charge is 2.05. The van der Waals surface area contributed by atoms with Crippen LogP contribution < -0.4 is 11.1 Å². The Kier molecular flexibility index (Phi) is 2.42. The fraction of sp³-hybridized carbons (Fsp3) is 0. The van der Waals surface area contributed by atoms with E-state index in [1.807, 2.05) is 0 Å². The van der Waals surface area contributed by atoms with E-state index >= 15 is 0 Å². The maximum Gasteiger partial charge on any atom is 0.336 e. The van der Waals surface area contributed by atoms with Crippen LogP contribution >= 0.6 is 22.6 Å². The Hall–Kier alpha value is -1.08. The first-order valence-corrected chi connectivity index (χ1v) is 4.93. The molecule has 0 aliphatic heterocycles. The highest BCUT2D eigenvalue weighted by molar-refractivity contribution is 14.1. The van der Waals surface area contributed by atoms with Gasteiger partial charge in [-0.05, 0) is 40.8 Å².